The second-order valence-electron chi connectivity index (χ2n) is 6.16. The largest absolute Gasteiger partial charge is 0.356 e. The highest BCUT2D eigenvalue weighted by molar-refractivity contribution is 5.79. The maximum Gasteiger partial charge on any atom is 0.251 e. The van der Waals surface area contributed by atoms with Crippen LogP contribution >= 0.6 is 0 Å². The van der Waals surface area contributed by atoms with Crippen molar-refractivity contribution in [3.05, 3.63) is 29.6 Å². The van der Waals surface area contributed by atoms with Gasteiger partial charge in [0.2, 0.25) is 0 Å². The third-order valence-corrected chi connectivity index (χ3v) is 4.37. The van der Waals surface area contributed by atoms with Gasteiger partial charge in [-0.15, -0.1) is 0 Å². The molecular weight excluding hydrogens is 312 g/mol. The summed E-state index contributed by atoms with van der Waals surface area (Å²) in [7, 11) is 1.75. The number of pyridine rings is 1. The summed E-state index contributed by atoms with van der Waals surface area (Å²) in [5.74, 6) is 0.772. The van der Waals surface area contributed by atoms with Crippen LogP contribution in [0.2, 0.25) is 0 Å². The highest BCUT2D eigenvalue weighted by Gasteiger charge is 2.21. The highest BCUT2D eigenvalue weighted by atomic mass is 19.3. The number of hydrogen-bond acceptors (Lipinski definition) is 3. The lowest BCUT2D eigenvalue weighted by molar-refractivity contribution is 0.0744. The van der Waals surface area contributed by atoms with Crippen molar-refractivity contribution in [2.75, 3.05) is 33.2 Å². The first-order valence-corrected chi connectivity index (χ1v) is 8.45. The molecule has 0 atom stereocenters. The summed E-state index contributed by atoms with van der Waals surface area (Å²) < 4.78 is 24.8. The molecule has 0 radical (unpaired) electrons. The van der Waals surface area contributed by atoms with E-state index in [-0.39, 0.29) is 12.6 Å². The molecule has 1 fully saturated rings. The molecule has 0 saturated carbocycles. The SMILES string of the molecule is CN=C(NCCc1ccncc1C)NC1CCN(CC(F)F)CC1. The Kier molecular flexibility index (Phi) is 7.36. The van der Waals surface area contributed by atoms with Gasteiger partial charge in [0.25, 0.3) is 6.43 Å². The molecule has 0 spiro atoms. The van der Waals surface area contributed by atoms with Gasteiger partial charge in [-0.2, -0.15) is 0 Å². The summed E-state index contributed by atoms with van der Waals surface area (Å²) >= 11 is 0. The minimum atomic E-state index is -2.25. The van der Waals surface area contributed by atoms with Gasteiger partial charge >= 0.3 is 0 Å². The van der Waals surface area contributed by atoms with E-state index in [1.165, 1.54) is 11.1 Å². The van der Waals surface area contributed by atoms with Crippen LogP contribution in [0.4, 0.5) is 8.78 Å². The Morgan fingerprint density at radius 1 is 1.42 bits per heavy atom. The van der Waals surface area contributed by atoms with Gasteiger partial charge in [0.15, 0.2) is 5.96 Å². The highest BCUT2D eigenvalue weighted by Crippen LogP contribution is 2.11. The molecule has 1 aromatic heterocycles. The molecule has 1 saturated heterocycles. The third-order valence-electron chi connectivity index (χ3n) is 4.37. The molecule has 7 heteroatoms. The standard InChI is InChI=1S/C17H27F2N5/c1-13-11-21-7-3-14(13)4-8-22-17(20-2)23-15-5-9-24(10-6-15)12-16(18)19/h3,7,11,15-16H,4-6,8-10,12H2,1-2H3,(H2,20,22,23). The molecular formula is C17H27F2N5. The zero-order valence-corrected chi connectivity index (χ0v) is 14.4. The lowest BCUT2D eigenvalue weighted by atomic mass is 10.1. The number of halogens is 2. The van der Waals surface area contributed by atoms with Gasteiger partial charge in [-0.25, -0.2) is 8.78 Å². The van der Waals surface area contributed by atoms with Crippen LogP contribution in [-0.2, 0) is 6.42 Å². The van der Waals surface area contributed by atoms with E-state index in [2.05, 4.69) is 27.5 Å². The summed E-state index contributed by atoms with van der Waals surface area (Å²) in [6, 6.07) is 2.32. The first-order chi connectivity index (χ1) is 11.6. The Labute approximate surface area is 142 Å². The molecule has 0 bridgehead atoms. The molecule has 0 aromatic carbocycles. The average molecular weight is 339 g/mol. The van der Waals surface area contributed by atoms with E-state index in [0.717, 1.165) is 31.8 Å². The van der Waals surface area contributed by atoms with Crippen LogP contribution < -0.4 is 10.6 Å². The number of hydrogen-bond donors (Lipinski definition) is 2. The fourth-order valence-electron chi connectivity index (χ4n) is 2.94. The van der Waals surface area contributed by atoms with Crippen molar-refractivity contribution in [1.82, 2.24) is 20.5 Å². The molecule has 24 heavy (non-hydrogen) atoms. The Balaban J connectivity index is 1.70. The summed E-state index contributed by atoms with van der Waals surface area (Å²) in [4.78, 5) is 10.2. The van der Waals surface area contributed by atoms with Gasteiger partial charge in [-0.05, 0) is 43.4 Å². The first-order valence-electron chi connectivity index (χ1n) is 8.45. The fourth-order valence-corrected chi connectivity index (χ4v) is 2.94. The Morgan fingerprint density at radius 2 is 2.17 bits per heavy atom. The topological polar surface area (TPSA) is 52.6 Å². The monoisotopic (exact) mass is 339 g/mol. The van der Waals surface area contributed by atoms with Crippen LogP contribution in [-0.4, -0.2) is 61.5 Å². The molecule has 134 valence electrons. The van der Waals surface area contributed by atoms with E-state index in [4.69, 9.17) is 0 Å². The molecule has 5 nitrogen and oxygen atoms in total. The van der Waals surface area contributed by atoms with Crippen molar-refractivity contribution in [2.45, 2.75) is 38.7 Å². The number of piperidine rings is 1. The van der Waals surface area contributed by atoms with Gasteiger partial charge in [0.1, 0.15) is 0 Å². The van der Waals surface area contributed by atoms with Crippen molar-refractivity contribution in [3.63, 3.8) is 0 Å². The number of aryl methyl sites for hydroxylation is 1. The van der Waals surface area contributed by atoms with E-state index in [1.807, 2.05) is 23.4 Å². The predicted molar refractivity (Wildman–Crippen MR) is 92.6 cm³/mol. The van der Waals surface area contributed by atoms with Crippen LogP contribution in [0, 0.1) is 6.92 Å². The molecule has 1 aliphatic rings. The van der Waals surface area contributed by atoms with Crippen LogP contribution in [0.1, 0.15) is 24.0 Å². The molecule has 1 aliphatic heterocycles. The number of nitrogens with zero attached hydrogens (tertiary/aromatic N) is 3. The maximum absolute atomic E-state index is 12.4. The normalized spacial score (nSPS) is 17.3. The Morgan fingerprint density at radius 3 is 2.79 bits per heavy atom. The summed E-state index contributed by atoms with van der Waals surface area (Å²) in [6.07, 6.45) is 4.05. The number of likely N-dealkylation sites (tertiary alicyclic amines) is 1. The number of alkyl halides is 2. The van der Waals surface area contributed by atoms with E-state index < -0.39 is 6.43 Å². The van der Waals surface area contributed by atoms with E-state index >= 15 is 0 Å². The van der Waals surface area contributed by atoms with Crippen molar-refractivity contribution in [3.8, 4) is 0 Å². The third kappa shape index (κ3) is 6.03. The second-order valence-corrected chi connectivity index (χ2v) is 6.16. The van der Waals surface area contributed by atoms with E-state index in [0.29, 0.717) is 13.1 Å². The van der Waals surface area contributed by atoms with Crippen LogP contribution in [0.5, 0.6) is 0 Å². The van der Waals surface area contributed by atoms with Crippen LogP contribution in [0.3, 0.4) is 0 Å². The number of aliphatic imine (C=N–C) groups is 1. The van der Waals surface area contributed by atoms with E-state index in [9.17, 15) is 8.78 Å². The zero-order chi connectivity index (χ0) is 17.4. The molecule has 2 N–H and O–H groups in total. The number of guanidine groups is 1. The van der Waals surface area contributed by atoms with Crippen molar-refractivity contribution >= 4 is 5.96 Å². The molecule has 0 unspecified atom stereocenters. The zero-order valence-electron chi connectivity index (χ0n) is 14.4. The summed E-state index contributed by atoms with van der Waals surface area (Å²) in [5, 5.41) is 6.71. The van der Waals surface area contributed by atoms with Crippen LogP contribution in [0.25, 0.3) is 0 Å². The molecule has 0 aliphatic carbocycles. The fraction of sp³-hybridized carbons (Fsp3) is 0.647. The maximum atomic E-state index is 12.4. The molecule has 2 rings (SSSR count). The van der Waals surface area contributed by atoms with Gasteiger partial charge in [0.05, 0.1) is 6.54 Å². The lowest BCUT2D eigenvalue weighted by Gasteiger charge is -2.32. The second kappa shape index (κ2) is 9.52. The Hall–Kier alpha value is -1.76. The number of nitrogens with one attached hydrogen (secondary N) is 2. The van der Waals surface area contributed by atoms with Gasteiger partial charge < -0.3 is 10.6 Å². The van der Waals surface area contributed by atoms with Gasteiger partial charge in [-0.3, -0.25) is 14.9 Å². The Bertz CT molecular complexity index is 527. The van der Waals surface area contributed by atoms with Crippen molar-refractivity contribution in [2.24, 2.45) is 4.99 Å². The van der Waals surface area contributed by atoms with Crippen molar-refractivity contribution < 1.29 is 8.78 Å². The van der Waals surface area contributed by atoms with Crippen LogP contribution in [0.15, 0.2) is 23.5 Å². The summed E-state index contributed by atoms with van der Waals surface area (Å²) in [6.45, 7) is 4.13. The minimum Gasteiger partial charge on any atom is -0.356 e. The molecule has 0 amide bonds. The quantitative estimate of drug-likeness (QED) is 0.613. The number of aromatic nitrogens is 1. The average Bonchev–Trinajstić information content (AvgIpc) is 2.57. The predicted octanol–water partition coefficient (Wildman–Crippen LogP) is 1.83. The smallest absolute Gasteiger partial charge is 0.251 e. The lowest BCUT2D eigenvalue weighted by Crippen LogP contribution is -2.49. The molecule has 1 aromatic rings. The molecule has 2 heterocycles. The number of rotatable bonds is 6. The van der Waals surface area contributed by atoms with Crippen molar-refractivity contribution in [1.29, 1.82) is 0 Å². The van der Waals surface area contributed by atoms with Gasteiger partial charge in [0, 0.05) is 45.1 Å². The minimum absolute atomic E-state index is 0.120. The van der Waals surface area contributed by atoms with Gasteiger partial charge in [-0.1, -0.05) is 0 Å². The first kappa shape index (κ1) is 18.6. The van der Waals surface area contributed by atoms with E-state index in [1.54, 1.807) is 7.05 Å². The summed E-state index contributed by atoms with van der Waals surface area (Å²) in [5.41, 5.74) is 2.46.